The van der Waals surface area contributed by atoms with Gasteiger partial charge in [-0.3, -0.25) is 4.79 Å². The second-order valence-electron chi connectivity index (χ2n) is 4.77. The van der Waals surface area contributed by atoms with E-state index < -0.39 is 5.97 Å². The molecule has 0 aromatic rings. The zero-order chi connectivity index (χ0) is 10.1. The molecule has 0 bridgehead atoms. The summed E-state index contributed by atoms with van der Waals surface area (Å²) in [6.45, 7) is 0. The Labute approximate surface area is 84.1 Å². The number of carboxylic acids is 1. The molecular weight excluding hydrogens is 180 g/mol. The molecule has 0 aliphatic heterocycles. The van der Waals surface area contributed by atoms with Gasteiger partial charge >= 0.3 is 5.97 Å². The minimum atomic E-state index is -0.629. The summed E-state index contributed by atoms with van der Waals surface area (Å²) in [5.41, 5.74) is 0. The summed E-state index contributed by atoms with van der Waals surface area (Å²) in [6.07, 6.45) is 5.33. The maximum Gasteiger partial charge on any atom is 0.306 e. The predicted octanol–water partition coefficient (Wildman–Crippen LogP) is 1.65. The number of aliphatic hydroxyl groups is 1. The van der Waals surface area contributed by atoms with Gasteiger partial charge in [0.1, 0.15) is 0 Å². The van der Waals surface area contributed by atoms with Crippen molar-refractivity contribution in [1.29, 1.82) is 0 Å². The highest BCUT2D eigenvalue weighted by molar-refractivity contribution is 5.70. The number of hydrogen-bond donors (Lipinski definition) is 2. The van der Waals surface area contributed by atoms with Crippen molar-refractivity contribution < 1.29 is 15.0 Å². The zero-order valence-corrected chi connectivity index (χ0v) is 8.35. The maximum absolute atomic E-state index is 11.0. The average Bonchev–Trinajstić information content (AvgIpc) is 2.16. The monoisotopic (exact) mass is 198 g/mol. The molecule has 0 radical (unpaired) electrons. The van der Waals surface area contributed by atoms with Gasteiger partial charge in [-0.25, -0.2) is 0 Å². The van der Waals surface area contributed by atoms with Crippen LogP contribution < -0.4 is 0 Å². The first-order chi connectivity index (χ1) is 6.68. The summed E-state index contributed by atoms with van der Waals surface area (Å²) in [5, 5.41) is 18.6. The van der Waals surface area contributed by atoms with Gasteiger partial charge in [0.05, 0.1) is 12.0 Å². The summed E-state index contributed by atoms with van der Waals surface area (Å²) >= 11 is 0. The van der Waals surface area contributed by atoms with Gasteiger partial charge in [-0.05, 0) is 37.5 Å². The SMILES string of the molecule is O=C(O)C1CCCC2CC(O)CCC21. The Balaban J connectivity index is 2.06. The van der Waals surface area contributed by atoms with Gasteiger partial charge in [0, 0.05) is 0 Å². The third-order valence-electron chi connectivity index (χ3n) is 3.94. The van der Waals surface area contributed by atoms with Crippen molar-refractivity contribution in [3.05, 3.63) is 0 Å². The molecule has 0 heterocycles. The van der Waals surface area contributed by atoms with Gasteiger partial charge in [-0.1, -0.05) is 12.8 Å². The fraction of sp³-hybridized carbons (Fsp3) is 0.909. The maximum atomic E-state index is 11.0. The highest BCUT2D eigenvalue weighted by Crippen LogP contribution is 2.43. The number of aliphatic carboxylic acids is 1. The molecule has 3 nitrogen and oxygen atoms in total. The lowest BCUT2D eigenvalue weighted by Crippen LogP contribution is -2.38. The molecule has 0 aromatic carbocycles. The second-order valence-corrected chi connectivity index (χ2v) is 4.77. The molecule has 0 amide bonds. The van der Waals surface area contributed by atoms with E-state index in [1.54, 1.807) is 0 Å². The standard InChI is InChI=1S/C11H18O3/c12-8-4-5-9-7(6-8)2-1-3-10(9)11(13)14/h7-10,12H,1-6H2,(H,13,14). The molecule has 4 atom stereocenters. The van der Waals surface area contributed by atoms with Crippen LogP contribution in [0.3, 0.4) is 0 Å². The second kappa shape index (κ2) is 3.89. The molecule has 4 unspecified atom stereocenters. The molecule has 3 heteroatoms. The van der Waals surface area contributed by atoms with Gasteiger partial charge < -0.3 is 10.2 Å². The largest absolute Gasteiger partial charge is 0.481 e. The van der Waals surface area contributed by atoms with Gasteiger partial charge in [0.25, 0.3) is 0 Å². The Hall–Kier alpha value is -0.570. The molecule has 2 fully saturated rings. The summed E-state index contributed by atoms with van der Waals surface area (Å²) < 4.78 is 0. The average molecular weight is 198 g/mol. The van der Waals surface area contributed by atoms with Crippen LogP contribution in [-0.2, 0) is 4.79 Å². The molecule has 2 rings (SSSR count). The van der Waals surface area contributed by atoms with Gasteiger partial charge in [-0.2, -0.15) is 0 Å². The lowest BCUT2D eigenvalue weighted by Gasteiger charge is -2.41. The van der Waals surface area contributed by atoms with E-state index >= 15 is 0 Å². The molecule has 2 aliphatic carbocycles. The zero-order valence-electron chi connectivity index (χ0n) is 8.35. The first-order valence-electron chi connectivity index (χ1n) is 5.59. The molecule has 0 saturated heterocycles. The quantitative estimate of drug-likeness (QED) is 0.673. The molecule has 14 heavy (non-hydrogen) atoms. The lowest BCUT2D eigenvalue weighted by molar-refractivity contribution is -0.147. The van der Waals surface area contributed by atoms with E-state index in [0.29, 0.717) is 11.8 Å². The summed E-state index contributed by atoms with van der Waals surface area (Å²) in [6, 6.07) is 0. The van der Waals surface area contributed by atoms with E-state index in [9.17, 15) is 9.90 Å². The Morgan fingerprint density at radius 1 is 1.14 bits per heavy atom. The van der Waals surface area contributed by atoms with Crippen molar-refractivity contribution in [2.75, 3.05) is 0 Å². The first kappa shape index (κ1) is 9.97. The number of rotatable bonds is 1. The van der Waals surface area contributed by atoms with Crippen LogP contribution in [-0.4, -0.2) is 22.3 Å². The molecule has 80 valence electrons. The van der Waals surface area contributed by atoms with Crippen molar-refractivity contribution >= 4 is 5.97 Å². The van der Waals surface area contributed by atoms with E-state index in [2.05, 4.69) is 0 Å². The first-order valence-corrected chi connectivity index (χ1v) is 5.59. The fourth-order valence-electron chi connectivity index (χ4n) is 3.24. The number of fused-ring (bicyclic) bond motifs is 1. The van der Waals surface area contributed by atoms with Gasteiger partial charge in [-0.15, -0.1) is 0 Å². The predicted molar refractivity (Wildman–Crippen MR) is 51.8 cm³/mol. The van der Waals surface area contributed by atoms with Crippen LogP contribution in [0.5, 0.6) is 0 Å². The molecule has 0 spiro atoms. The van der Waals surface area contributed by atoms with Crippen molar-refractivity contribution in [3.63, 3.8) is 0 Å². The van der Waals surface area contributed by atoms with Crippen molar-refractivity contribution in [2.24, 2.45) is 17.8 Å². The number of aliphatic hydroxyl groups excluding tert-OH is 1. The van der Waals surface area contributed by atoms with Gasteiger partial charge in [0.2, 0.25) is 0 Å². The molecular formula is C11H18O3. The van der Waals surface area contributed by atoms with Crippen molar-refractivity contribution in [1.82, 2.24) is 0 Å². The van der Waals surface area contributed by atoms with Gasteiger partial charge in [0.15, 0.2) is 0 Å². The summed E-state index contributed by atoms with van der Waals surface area (Å²) in [4.78, 5) is 11.0. The van der Waals surface area contributed by atoms with Crippen LogP contribution in [0.25, 0.3) is 0 Å². The lowest BCUT2D eigenvalue weighted by atomic mass is 9.65. The molecule has 0 aromatic heterocycles. The molecule has 2 N–H and O–H groups in total. The van der Waals surface area contributed by atoms with E-state index in [0.717, 1.165) is 38.5 Å². The smallest absolute Gasteiger partial charge is 0.306 e. The Morgan fingerprint density at radius 2 is 1.93 bits per heavy atom. The summed E-state index contributed by atoms with van der Waals surface area (Å²) in [7, 11) is 0. The number of hydrogen-bond acceptors (Lipinski definition) is 2. The van der Waals surface area contributed by atoms with E-state index in [1.807, 2.05) is 0 Å². The fourth-order valence-corrected chi connectivity index (χ4v) is 3.24. The van der Waals surface area contributed by atoms with Crippen molar-refractivity contribution in [3.8, 4) is 0 Å². The van der Waals surface area contributed by atoms with Crippen LogP contribution in [0, 0.1) is 17.8 Å². The Morgan fingerprint density at radius 3 is 2.64 bits per heavy atom. The third-order valence-corrected chi connectivity index (χ3v) is 3.94. The van der Waals surface area contributed by atoms with Crippen LogP contribution in [0.4, 0.5) is 0 Å². The Bertz CT molecular complexity index is 227. The van der Waals surface area contributed by atoms with E-state index in [-0.39, 0.29) is 12.0 Å². The number of carboxylic acid groups (broad SMARTS) is 1. The van der Waals surface area contributed by atoms with E-state index in [4.69, 9.17) is 5.11 Å². The minimum Gasteiger partial charge on any atom is -0.481 e. The van der Waals surface area contributed by atoms with Crippen LogP contribution >= 0.6 is 0 Å². The van der Waals surface area contributed by atoms with E-state index in [1.165, 1.54) is 0 Å². The van der Waals surface area contributed by atoms with Crippen LogP contribution in [0.2, 0.25) is 0 Å². The normalized spacial score (nSPS) is 42.9. The third kappa shape index (κ3) is 1.78. The highest BCUT2D eigenvalue weighted by atomic mass is 16.4. The Kier molecular flexibility index (Phi) is 2.77. The minimum absolute atomic E-state index is 0.138. The topological polar surface area (TPSA) is 57.5 Å². The van der Waals surface area contributed by atoms with Crippen LogP contribution in [0.1, 0.15) is 38.5 Å². The summed E-state index contributed by atoms with van der Waals surface area (Å²) in [5.74, 6) is 0.0376. The van der Waals surface area contributed by atoms with Crippen LogP contribution in [0.15, 0.2) is 0 Å². The highest BCUT2D eigenvalue weighted by Gasteiger charge is 2.40. The van der Waals surface area contributed by atoms with Crippen molar-refractivity contribution in [2.45, 2.75) is 44.6 Å². The molecule has 2 aliphatic rings. The number of carbonyl (C=O) groups is 1. The molecule has 2 saturated carbocycles.